The van der Waals surface area contributed by atoms with Gasteiger partial charge in [-0.1, -0.05) is 13.8 Å². The van der Waals surface area contributed by atoms with Gasteiger partial charge in [0.1, 0.15) is 0 Å². The summed E-state index contributed by atoms with van der Waals surface area (Å²) in [7, 11) is -6.58. The van der Waals surface area contributed by atoms with Crippen LogP contribution in [0.3, 0.4) is 0 Å². The first-order valence-electron chi connectivity index (χ1n) is 5.78. The first kappa shape index (κ1) is 22.2. The molecule has 0 heterocycles. The molecule has 0 bridgehead atoms. The predicted molar refractivity (Wildman–Crippen MR) is 60.6 cm³/mol. The molecule has 0 aliphatic heterocycles. The van der Waals surface area contributed by atoms with Crippen LogP contribution in [0.15, 0.2) is 0 Å². The quantitative estimate of drug-likeness (QED) is 0.662. The van der Waals surface area contributed by atoms with Gasteiger partial charge in [-0.25, -0.2) is 13.1 Å². The minimum atomic E-state index is -7.28. The molecular formula is C9H13F9N2O2S. The highest BCUT2D eigenvalue weighted by atomic mass is 32.2. The molecular weight excluding hydrogens is 371 g/mol. The molecule has 23 heavy (non-hydrogen) atoms. The van der Waals surface area contributed by atoms with E-state index in [1.165, 1.54) is 13.8 Å². The first-order valence-corrected chi connectivity index (χ1v) is 7.26. The SMILES string of the molecule is CC(C)[C@H](N)CNS(=O)(=O)C(F)(F)C(F)(F)C(F)(F)C(F)(F)F. The van der Waals surface area contributed by atoms with Crippen LogP contribution < -0.4 is 10.5 Å². The number of hydrogen-bond donors (Lipinski definition) is 2. The summed E-state index contributed by atoms with van der Waals surface area (Å²) >= 11 is 0. The Balaban J connectivity index is 5.69. The van der Waals surface area contributed by atoms with Crippen LogP contribution >= 0.6 is 0 Å². The zero-order valence-corrected chi connectivity index (χ0v) is 12.4. The molecule has 0 saturated carbocycles. The van der Waals surface area contributed by atoms with E-state index in [0.717, 1.165) is 4.72 Å². The van der Waals surface area contributed by atoms with Gasteiger partial charge in [0.25, 0.3) is 10.0 Å². The van der Waals surface area contributed by atoms with Crippen molar-refractivity contribution in [2.24, 2.45) is 11.7 Å². The smallest absolute Gasteiger partial charge is 0.326 e. The van der Waals surface area contributed by atoms with Crippen LogP contribution in [-0.4, -0.2) is 44.3 Å². The van der Waals surface area contributed by atoms with Gasteiger partial charge in [-0.3, -0.25) is 0 Å². The molecule has 0 aromatic rings. The van der Waals surface area contributed by atoms with Crippen LogP contribution in [0, 0.1) is 5.92 Å². The summed E-state index contributed by atoms with van der Waals surface area (Å²) in [6, 6.07) is -1.17. The summed E-state index contributed by atoms with van der Waals surface area (Å²) < 4.78 is 136. The number of rotatable bonds is 7. The molecule has 0 fully saturated rings. The average molecular weight is 384 g/mol. The van der Waals surface area contributed by atoms with Gasteiger partial charge in [-0.05, 0) is 5.92 Å². The summed E-state index contributed by atoms with van der Waals surface area (Å²) in [6.07, 6.45) is -7.09. The molecule has 0 rings (SSSR count). The molecule has 3 N–H and O–H groups in total. The number of sulfonamides is 1. The van der Waals surface area contributed by atoms with E-state index in [4.69, 9.17) is 5.73 Å². The number of halogens is 9. The van der Waals surface area contributed by atoms with Crippen molar-refractivity contribution in [2.75, 3.05) is 6.54 Å². The van der Waals surface area contributed by atoms with E-state index in [1.54, 1.807) is 0 Å². The van der Waals surface area contributed by atoms with Crippen LogP contribution in [0.25, 0.3) is 0 Å². The summed E-state index contributed by atoms with van der Waals surface area (Å²) in [5.41, 5.74) is 5.24. The Morgan fingerprint density at radius 2 is 1.30 bits per heavy atom. The molecule has 0 amide bonds. The largest absolute Gasteiger partial charge is 0.460 e. The average Bonchev–Trinajstić information content (AvgIpc) is 2.33. The maximum atomic E-state index is 13.2. The van der Waals surface area contributed by atoms with E-state index in [-0.39, 0.29) is 0 Å². The Bertz CT molecular complexity index is 516. The Morgan fingerprint density at radius 3 is 1.61 bits per heavy atom. The van der Waals surface area contributed by atoms with Crippen LogP contribution in [0.4, 0.5) is 39.5 Å². The standard InChI is InChI=1S/C9H13F9N2O2S/c1-4(2)5(19)3-20-23(21,22)9(17,18)7(12,13)6(10,11)8(14,15)16/h4-5,20H,3,19H2,1-2H3/t5-/m1/s1. The van der Waals surface area contributed by atoms with E-state index < -0.39 is 51.8 Å². The summed E-state index contributed by atoms with van der Waals surface area (Å²) in [5.74, 6) is -15.0. The minimum absolute atomic E-state index is 0.525. The van der Waals surface area contributed by atoms with E-state index in [1.807, 2.05) is 0 Å². The Morgan fingerprint density at radius 1 is 0.913 bits per heavy atom. The zero-order chi connectivity index (χ0) is 19.1. The van der Waals surface area contributed by atoms with Crippen LogP contribution in [0.1, 0.15) is 13.8 Å². The topological polar surface area (TPSA) is 72.2 Å². The highest BCUT2D eigenvalue weighted by molar-refractivity contribution is 7.90. The van der Waals surface area contributed by atoms with Crippen molar-refractivity contribution in [3.8, 4) is 0 Å². The van der Waals surface area contributed by atoms with Gasteiger partial charge in [0.15, 0.2) is 0 Å². The zero-order valence-electron chi connectivity index (χ0n) is 11.6. The maximum Gasteiger partial charge on any atom is 0.460 e. The fourth-order valence-electron chi connectivity index (χ4n) is 1.06. The lowest BCUT2D eigenvalue weighted by molar-refractivity contribution is -0.382. The number of nitrogens with one attached hydrogen (secondary N) is 1. The normalized spacial score (nSPS) is 16.7. The molecule has 0 aromatic heterocycles. The Labute approximate surface area is 125 Å². The highest BCUT2D eigenvalue weighted by Crippen LogP contribution is 2.54. The van der Waals surface area contributed by atoms with Gasteiger partial charge in [0, 0.05) is 12.6 Å². The molecule has 0 unspecified atom stereocenters. The molecule has 14 heteroatoms. The number of alkyl halides is 9. The van der Waals surface area contributed by atoms with Crippen LogP contribution in [0.2, 0.25) is 0 Å². The lowest BCUT2D eigenvalue weighted by Crippen LogP contribution is -2.65. The van der Waals surface area contributed by atoms with E-state index in [0.29, 0.717) is 0 Å². The number of hydrogen-bond acceptors (Lipinski definition) is 3. The van der Waals surface area contributed by atoms with Crippen molar-refractivity contribution in [1.82, 2.24) is 4.72 Å². The first-order chi connectivity index (χ1) is 9.83. The fourth-order valence-corrected chi connectivity index (χ4v) is 2.12. The van der Waals surface area contributed by atoms with Crippen LogP contribution in [-0.2, 0) is 10.0 Å². The lowest BCUT2D eigenvalue weighted by atomic mass is 10.1. The second kappa shape index (κ2) is 6.27. The lowest BCUT2D eigenvalue weighted by Gasteiger charge is -2.33. The van der Waals surface area contributed by atoms with Gasteiger partial charge in [0.2, 0.25) is 0 Å². The van der Waals surface area contributed by atoms with Gasteiger partial charge in [0.05, 0.1) is 0 Å². The molecule has 4 nitrogen and oxygen atoms in total. The van der Waals surface area contributed by atoms with E-state index >= 15 is 0 Å². The monoisotopic (exact) mass is 384 g/mol. The summed E-state index contributed by atoms with van der Waals surface area (Å²) in [4.78, 5) is 0. The summed E-state index contributed by atoms with van der Waals surface area (Å²) in [5, 5.41) is -6.74. The molecule has 0 spiro atoms. The minimum Gasteiger partial charge on any atom is -0.326 e. The molecule has 0 radical (unpaired) electrons. The molecule has 140 valence electrons. The molecule has 0 aliphatic rings. The maximum absolute atomic E-state index is 13.2. The molecule has 1 atom stereocenters. The van der Waals surface area contributed by atoms with Gasteiger partial charge < -0.3 is 5.73 Å². The molecule has 0 saturated heterocycles. The van der Waals surface area contributed by atoms with E-state index in [9.17, 15) is 47.9 Å². The van der Waals surface area contributed by atoms with Crippen molar-refractivity contribution in [1.29, 1.82) is 0 Å². The van der Waals surface area contributed by atoms with Crippen molar-refractivity contribution in [3.05, 3.63) is 0 Å². The Hall–Kier alpha value is -0.760. The van der Waals surface area contributed by atoms with E-state index in [2.05, 4.69) is 0 Å². The van der Waals surface area contributed by atoms with Crippen molar-refractivity contribution in [2.45, 2.75) is 43.2 Å². The second-order valence-electron chi connectivity index (χ2n) is 4.92. The second-order valence-corrected chi connectivity index (χ2v) is 6.73. The number of nitrogens with two attached hydrogens (primary N) is 1. The molecule has 0 aromatic carbocycles. The fraction of sp³-hybridized carbons (Fsp3) is 1.00. The van der Waals surface area contributed by atoms with Crippen molar-refractivity contribution < 1.29 is 47.9 Å². The molecule has 0 aliphatic carbocycles. The van der Waals surface area contributed by atoms with Gasteiger partial charge in [-0.15, -0.1) is 0 Å². The van der Waals surface area contributed by atoms with Crippen molar-refractivity contribution >= 4 is 10.0 Å². The van der Waals surface area contributed by atoms with Crippen LogP contribution in [0.5, 0.6) is 0 Å². The highest BCUT2D eigenvalue weighted by Gasteiger charge is 2.85. The third-order valence-corrected chi connectivity index (χ3v) is 4.30. The van der Waals surface area contributed by atoms with Crippen molar-refractivity contribution in [3.63, 3.8) is 0 Å². The third-order valence-electron chi connectivity index (χ3n) is 2.82. The summed E-state index contributed by atoms with van der Waals surface area (Å²) in [6.45, 7) is 1.72. The Kier molecular flexibility index (Phi) is 6.07. The predicted octanol–water partition coefficient (Wildman–Crippen LogP) is 2.31. The third kappa shape index (κ3) is 3.84. The van der Waals surface area contributed by atoms with Gasteiger partial charge in [-0.2, -0.15) is 39.5 Å². The van der Waals surface area contributed by atoms with Gasteiger partial charge >= 0.3 is 23.3 Å².